The first-order valence-corrected chi connectivity index (χ1v) is 11.4. The fraction of sp³-hybridized carbons (Fsp3) is 0.542. The van der Waals surface area contributed by atoms with E-state index in [-0.39, 0.29) is 11.7 Å². The first-order valence-electron chi connectivity index (χ1n) is 10.8. The summed E-state index contributed by atoms with van der Waals surface area (Å²) >= 11 is 4.20. The van der Waals surface area contributed by atoms with Crippen LogP contribution < -0.4 is 10.6 Å². The van der Waals surface area contributed by atoms with E-state index in [4.69, 9.17) is 11.2 Å². The summed E-state index contributed by atoms with van der Waals surface area (Å²) in [5.41, 5.74) is 0.695. The van der Waals surface area contributed by atoms with E-state index in [1.807, 2.05) is 19.1 Å². The Hall–Kier alpha value is -2.66. The van der Waals surface area contributed by atoms with Crippen molar-refractivity contribution < 1.29 is 19.1 Å². The van der Waals surface area contributed by atoms with Crippen molar-refractivity contribution in [3.63, 3.8) is 0 Å². The summed E-state index contributed by atoms with van der Waals surface area (Å²) in [6, 6.07) is 7.48. The number of hydrogen-bond donors (Lipinski definition) is 3. The number of unbranched alkanes of at least 4 members (excludes halogenated alkanes) is 2. The highest BCUT2D eigenvalue weighted by atomic mass is 32.1. The molecule has 0 aliphatic rings. The molecule has 176 valence electrons. The predicted molar refractivity (Wildman–Crippen MR) is 129 cm³/mol. The highest BCUT2D eigenvalue weighted by Crippen LogP contribution is 2.25. The molecule has 32 heavy (non-hydrogen) atoms. The molecule has 0 saturated heterocycles. The zero-order valence-electron chi connectivity index (χ0n) is 19.6. The summed E-state index contributed by atoms with van der Waals surface area (Å²) in [6.45, 7) is 9.56. The van der Waals surface area contributed by atoms with Gasteiger partial charge in [0.15, 0.2) is 0 Å². The average Bonchev–Trinajstić information content (AvgIpc) is 2.72. The Morgan fingerprint density at radius 1 is 1.22 bits per heavy atom. The number of alkyl carbamates (subject to hydrolysis) is 1. The lowest BCUT2D eigenvalue weighted by Crippen LogP contribution is -2.52. The minimum Gasteiger partial charge on any atom is -0.444 e. The van der Waals surface area contributed by atoms with Crippen LogP contribution in [-0.2, 0) is 14.3 Å². The van der Waals surface area contributed by atoms with E-state index in [0.717, 1.165) is 29.7 Å². The van der Waals surface area contributed by atoms with Crippen LogP contribution in [0.25, 0.3) is 0 Å². The van der Waals surface area contributed by atoms with Crippen LogP contribution in [0.1, 0.15) is 64.1 Å². The molecule has 0 radical (unpaired) electrons. The molecule has 2 atom stereocenters. The van der Waals surface area contributed by atoms with Gasteiger partial charge in [0.1, 0.15) is 17.7 Å². The maximum absolute atomic E-state index is 13.3. The molecular weight excluding hydrogens is 426 g/mol. The maximum atomic E-state index is 13.3. The summed E-state index contributed by atoms with van der Waals surface area (Å²) in [7, 11) is 0. The van der Waals surface area contributed by atoms with Crippen LogP contribution in [0.4, 0.5) is 4.79 Å². The number of ether oxygens (including phenoxy) is 1. The molecule has 2 unspecified atom stereocenters. The zero-order valence-corrected chi connectivity index (χ0v) is 20.5. The molecule has 2 N–H and O–H groups in total. The van der Waals surface area contributed by atoms with E-state index < -0.39 is 29.7 Å². The molecule has 0 fully saturated rings. The number of thiol groups is 1. The van der Waals surface area contributed by atoms with Crippen LogP contribution in [0.2, 0.25) is 0 Å². The number of hydrogen-bond acceptors (Lipinski definition) is 5. The van der Waals surface area contributed by atoms with Gasteiger partial charge in [-0.2, -0.15) is 12.6 Å². The number of terminal acetylenes is 1. The molecule has 1 aromatic rings. The van der Waals surface area contributed by atoms with Crippen LogP contribution in [-0.4, -0.2) is 46.7 Å². The average molecular weight is 462 g/mol. The second-order valence-electron chi connectivity index (χ2n) is 8.48. The van der Waals surface area contributed by atoms with E-state index in [2.05, 4.69) is 36.2 Å². The highest BCUT2D eigenvalue weighted by Gasteiger charge is 2.35. The Morgan fingerprint density at radius 3 is 2.41 bits per heavy atom. The Bertz CT molecular complexity index is 829. The topological polar surface area (TPSA) is 87.7 Å². The Balaban J connectivity index is 3.19. The van der Waals surface area contributed by atoms with E-state index in [0.29, 0.717) is 12.1 Å². The van der Waals surface area contributed by atoms with Gasteiger partial charge in [0, 0.05) is 18.3 Å². The van der Waals surface area contributed by atoms with Gasteiger partial charge in [-0.3, -0.25) is 14.5 Å². The first kappa shape index (κ1) is 27.4. The molecule has 1 rings (SSSR count). The summed E-state index contributed by atoms with van der Waals surface area (Å²) in [6.07, 6.45) is 7.77. The highest BCUT2D eigenvalue weighted by molar-refractivity contribution is 7.80. The van der Waals surface area contributed by atoms with Crippen LogP contribution in [0.3, 0.4) is 0 Å². The van der Waals surface area contributed by atoms with Crippen molar-refractivity contribution in [3.05, 3.63) is 35.4 Å². The second kappa shape index (κ2) is 13.0. The Kier molecular flexibility index (Phi) is 11.1. The molecule has 8 heteroatoms. The largest absolute Gasteiger partial charge is 0.444 e. The maximum Gasteiger partial charge on any atom is 0.408 e. The third-order valence-electron chi connectivity index (χ3n) is 4.62. The lowest BCUT2D eigenvalue weighted by molar-refractivity contribution is -0.138. The van der Waals surface area contributed by atoms with Gasteiger partial charge in [-0.15, -0.1) is 0 Å². The molecule has 0 saturated carbocycles. The van der Waals surface area contributed by atoms with Crippen LogP contribution >= 0.6 is 12.6 Å². The third kappa shape index (κ3) is 8.46. The number of benzene rings is 1. The summed E-state index contributed by atoms with van der Waals surface area (Å²) in [5, 5.41) is 5.38. The van der Waals surface area contributed by atoms with Gasteiger partial charge in [-0.25, -0.2) is 4.79 Å². The van der Waals surface area contributed by atoms with Crippen molar-refractivity contribution in [1.82, 2.24) is 15.5 Å². The monoisotopic (exact) mass is 461 g/mol. The molecule has 0 aliphatic heterocycles. The molecule has 0 heterocycles. The quantitative estimate of drug-likeness (QED) is 0.215. The number of carbonyl (C=O) groups excluding carboxylic acids is 3. The fourth-order valence-corrected chi connectivity index (χ4v) is 3.29. The number of aryl methyl sites for hydroxylation is 1. The van der Waals surface area contributed by atoms with Gasteiger partial charge >= 0.3 is 6.09 Å². The summed E-state index contributed by atoms with van der Waals surface area (Å²) in [5.74, 6) is -1.02. The first-order chi connectivity index (χ1) is 15.1. The molecule has 3 amide bonds. The molecule has 0 spiro atoms. The molecule has 0 aliphatic carbocycles. The van der Waals surface area contributed by atoms with E-state index in [9.17, 15) is 14.4 Å². The second-order valence-corrected chi connectivity index (χ2v) is 8.84. The number of nitrogens with zero attached hydrogens (tertiary/aromatic N) is 1. The van der Waals surface area contributed by atoms with Gasteiger partial charge < -0.3 is 15.4 Å². The van der Waals surface area contributed by atoms with Crippen LogP contribution in [0.5, 0.6) is 0 Å². The number of amides is 3. The van der Waals surface area contributed by atoms with Crippen molar-refractivity contribution in [1.29, 1.82) is 0 Å². The SMILES string of the molecule is C#CN(C(=O)C(CS)NC(=O)OC(C)(C)C)C(C(=O)NCCCCC)c1ccccc1C. The Labute approximate surface area is 197 Å². The molecular formula is C24H35N3O4S. The lowest BCUT2D eigenvalue weighted by atomic mass is 9.98. The van der Waals surface area contributed by atoms with Crippen molar-refractivity contribution in [2.24, 2.45) is 0 Å². The fourth-order valence-electron chi connectivity index (χ4n) is 3.04. The number of carbonyl (C=O) groups is 3. The van der Waals surface area contributed by atoms with Crippen molar-refractivity contribution in [2.45, 2.75) is 71.6 Å². The van der Waals surface area contributed by atoms with Gasteiger partial charge in [0.2, 0.25) is 5.91 Å². The standard InChI is InChI=1S/C24H35N3O4S/c1-7-9-12-15-25-21(28)20(18-14-11-10-13-17(18)3)27(8-2)22(29)19(16-32)26-23(30)31-24(4,5)6/h2,10-11,13-14,19-20,32H,7,9,12,15-16H2,1,3-6H3,(H,25,28)(H,26,30). The predicted octanol–water partition coefficient (Wildman–Crippen LogP) is 3.58. The zero-order chi connectivity index (χ0) is 24.3. The summed E-state index contributed by atoms with van der Waals surface area (Å²) < 4.78 is 5.24. The minimum absolute atomic E-state index is 0.0190. The van der Waals surface area contributed by atoms with Gasteiger partial charge in [-0.05, 0) is 45.2 Å². The summed E-state index contributed by atoms with van der Waals surface area (Å²) in [4.78, 5) is 39.7. The third-order valence-corrected chi connectivity index (χ3v) is 4.98. The smallest absolute Gasteiger partial charge is 0.408 e. The minimum atomic E-state index is -1.07. The van der Waals surface area contributed by atoms with E-state index >= 15 is 0 Å². The number of rotatable bonds is 10. The Morgan fingerprint density at radius 2 is 1.88 bits per heavy atom. The van der Waals surface area contributed by atoms with Crippen LogP contribution in [0.15, 0.2) is 24.3 Å². The van der Waals surface area contributed by atoms with Gasteiger partial charge in [0.25, 0.3) is 5.91 Å². The molecule has 7 nitrogen and oxygen atoms in total. The van der Waals surface area contributed by atoms with Crippen LogP contribution in [0, 0.1) is 19.4 Å². The van der Waals surface area contributed by atoms with Crippen molar-refractivity contribution in [2.75, 3.05) is 12.3 Å². The molecule has 0 aromatic heterocycles. The van der Waals surface area contributed by atoms with Crippen molar-refractivity contribution in [3.8, 4) is 12.5 Å². The molecule has 0 bridgehead atoms. The van der Waals surface area contributed by atoms with Crippen molar-refractivity contribution >= 4 is 30.5 Å². The number of nitrogens with one attached hydrogen (secondary N) is 2. The lowest BCUT2D eigenvalue weighted by Gasteiger charge is -2.30. The van der Waals surface area contributed by atoms with E-state index in [1.165, 1.54) is 0 Å². The van der Waals surface area contributed by atoms with E-state index in [1.54, 1.807) is 32.9 Å². The molecule has 1 aromatic carbocycles. The van der Waals surface area contributed by atoms with Gasteiger partial charge in [-0.1, -0.05) is 50.5 Å². The normalized spacial score (nSPS) is 12.8. The van der Waals surface area contributed by atoms with Gasteiger partial charge in [0.05, 0.1) is 0 Å².